The molecule has 0 bridgehead atoms. The van der Waals surface area contributed by atoms with Gasteiger partial charge >= 0.3 is 5.97 Å². The predicted octanol–water partition coefficient (Wildman–Crippen LogP) is 3.79. The first-order chi connectivity index (χ1) is 13.3. The topological polar surface area (TPSA) is 102 Å². The number of carboxylic acids is 1. The van der Waals surface area contributed by atoms with E-state index in [0.29, 0.717) is 6.61 Å². The quantitative estimate of drug-likeness (QED) is 0.699. The van der Waals surface area contributed by atoms with Crippen molar-refractivity contribution in [1.82, 2.24) is 0 Å². The lowest BCUT2D eigenvalue weighted by Gasteiger charge is -2.23. The van der Waals surface area contributed by atoms with Crippen molar-refractivity contribution >= 4 is 33.3 Å². The Labute approximate surface area is 168 Å². The summed E-state index contributed by atoms with van der Waals surface area (Å²) in [6.45, 7) is 0.922. The fourth-order valence-corrected chi connectivity index (χ4v) is 4.29. The molecule has 0 spiro atoms. The summed E-state index contributed by atoms with van der Waals surface area (Å²) in [5.74, 6) is -0.918. The van der Waals surface area contributed by atoms with Crippen molar-refractivity contribution < 1.29 is 27.8 Å². The summed E-state index contributed by atoms with van der Waals surface area (Å²) in [5.41, 5.74) is 0.286. The summed E-state index contributed by atoms with van der Waals surface area (Å²) in [5, 5.41) is 9.19. The average Bonchev–Trinajstić information content (AvgIpc) is 2.68. The van der Waals surface area contributed by atoms with Crippen LogP contribution in [0.2, 0.25) is 5.02 Å². The molecule has 0 unspecified atom stereocenters. The zero-order chi connectivity index (χ0) is 20.1. The number of ether oxygens (including phenoxy) is 2. The molecule has 1 aliphatic rings. The lowest BCUT2D eigenvalue weighted by atomic mass is 10.1. The number of hydrogen-bond donors (Lipinski definition) is 2. The minimum absolute atomic E-state index is 0.0576. The number of rotatable bonds is 7. The summed E-state index contributed by atoms with van der Waals surface area (Å²) >= 11 is 5.99. The number of anilines is 1. The standard InChI is InChI=1S/C19H20ClNO6S/c20-14-6-9-17(27-12-16-3-1-2-10-26-16)18(11-14)28(24,25)21-15-7-4-13(5-8-15)19(22)23/h4-9,11,16,21H,1-3,10,12H2,(H,22,23)/t16-/m1/s1. The van der Waals surface area contributed by atoms with E-state index in [1.807, 2.05) is 0 Å². The molecule has 0 radical (unpaired) electrons. The SMILES string of the molecule is O=C(O)c1ccc(NS(=O)(=O)c2cc(Cl)ccc2OC[C@H]2CCCCO2)cc1. The molecule has 0 aromatic heterocycles. The van der Waals surface area contributed by atoms with E-state index in [-0.39, 0.29) is 39.6 Å². The van der Waals surface area contributed by atoms with Crippen molar-refractivity contribution in [3.8, 4) is 5.75 Å². The summed E-state index contributed by atoms with van der Waals surface area (Å²) in [4.78, 5) is 10.8. The molecule has 2 aromatic rings. The Morgan fingerprint density at radius 3 is 2.61 bits per heavy atom. The third kappa shape index (κ3) is 5.15. The number of carboxylic acid groups (broad SMARTS) is 1. The van der Waals surface area contributed by atoms with E-state index in [1.54, 1.807) is 6.07 Å². The maximum atomic E-state index is 12.8. The van der Waals surface area contributed by atoms with Gasteiger partial charge in [-0.25, -0.2) is 13.2 Å². The molecule has 1 atom stereocenters. The minimum Gasteiger partial charge on any atom is -0.489 e. The Morgan fingerprint density at radius 2 is 1.96 bits per heavy atom. The Kier molecular flexibility index (Phi) is 6.43. The molecule has 2 N–H and O–H groups in total. The van der Waals surface area contributed by atoms with Gasteiger partial charge in [-0.2, -0.15) is 0 Å². The van der Waals surface area contributed by atoms with E-state index < -0.39 is 16.0 Å². The molecule has 1 fully saturated rings. The molecule has 28 heavy (non-hydrogen) atoms. The Hall–Kier alpha value is -2.29. The zero-order valence-corrected chi connectivity index (χ0v) is 16.5. The van der Waals surface area contributed by atoms with Crippen LogP contribution in [0.3, 0.4) is 0 Å². The van der Waals surface area contributed by atoms with E-state index >= 15 is 0 Å². The Morgan fingerprint density at radius 1 is 1.21 bits per heavy atom. The maximum Gasteiger partial charge on any atom is 0.335 e. The van der Waals surface area contributed by atoms with Crippen LogP contribution >= 0.6 is 11.6 Å². The molecular weight excluding hydrogens is 406 g/mol. The molecule has 1 saturated heterocycles. The smallest absolute Gasteiger partial charge is 0.335 e. The largest absolute Gasteiger partial charge is 0.489 e. The van der Waals surface area contributed by atoms with Crippen LogP contribution in [0.5, 0.6) is 5.75 Å². The highest BCUT2D eigenvalue weighted by atomic mass is 35.5. The highest BCUT2D eigenvalue weighted by Crippen LogP contribution is 2.30. The second kappa shape index (κ2) is 8.81. The number of benzene rings is 2. The number of nitrogens with one attached hydrogen (secondary N) is 1. The summed E-state index contributed by atoms with van der Waals surface area (Å²) in [6.07, 6.45) is 2.86. The highest BCUT2D eigenvalue weighted by molar-refractivity contribution is 7.92. The van der Waals surface area contributed by atoms with E-state index in [9.17, 15) is 13.2 Å². The van der Waals surface area contributed by atoms with E-state index in [0.717, 1.165) is 19.3 Å². The van der Waals surface area contributed by atoms with E-state index in [4.69, 9.17) is 26.2 Å². The third-order valence-corrected chi connectivity index (χ3v) is 5.92. The minimum atomic E-state index is -4.00. The average molecular weight is 426 g/mol. The van der Waals surface area contributed by atoms with Gasteiger partial charge in [-0.05, 0) is 61.7 Å². The molecule has 1 heterocycles. The van der Waals surface area contributed by atoms with Crippen LogP contribution < -0.4 is 9.46 Å². The monoisotopic (exact) mass is 425 g/mol. The molecule has 3 rings (SSSR count). The van der Waals surface area contributed by atoms with Crippen LogP contribution in [-0.2, 0) is 14.8 Å². The van der Waals surface area contributed by atoms with Gasteiger partial charge in [0.25, 0.3) is 10.0 Å². The fourth-order valence-electron chi connectivity index (χ4n) is 2.82. The van der Waals surface area contributed by atoms with Gasteiger partial charge in [0.15, 0.2) is 0 Å². The first-order valence-corrected chi connectivity index (χ1v) is 10.6. The molecule has 150 valence electrons. The molecule has 9 heteroatoms. The maximum absolute atomic E-state index is 12.8. The lowest BCUT2D eigenvalue weighted by molar-refractivity contribution is -0.0116. The molecule has 7 nitrogen and oxygen atoms in total. The van der Waals surface area contributed by atoms with Crippen LogP contribution in [0.1, 0.15) is 29.6 Å². The number of hydrogen-bond acceptors (Lipinski definition) is 5. The van der Waals surface area contributed by atoms with Crippen LogP contribution in [0, 0.1) is 0 Å². The molecule has 1 aliphatic heterocycles. The first-order valence-electron chi connectivity index (χ1n) is 8.75. The van der Waals surface area contributed by atoms with Crippen LogP contribution in [0.4, 0.5) is 5.69 Å². The molecule has 2 aromatic carbocycles. The van der Waals surface area contributed by atoms with Crippen LogP contribution in [0.25, 0.3) is 0 Å². The number of carbonyl (C=O) groups is 1. The van der Waals surface area contributed by atoms with Crippen molar-refractivity contribution in [2.45, 2.75) is 30.3 Å². The molecule has 0 amide bonds. The van der Waals surface area contributed by atoms with Crippen molar-refractivity contribution in [3.05, 3.63) is 53.1 Å². The summed E-state index contributed by atoms with van der Waals surface area (Å²) < 4.78 is 39.4. The van der Waals surface area contributed by atoms with Crippen molar-refractivity contribution in [1.29, 1.82) is 0 Å². The van der Waals surface area contributed by atoms with Gasteiger partial charge in [0.05, 0.1) is 11.7 Å². The molecular formula is C19H20ClNO6S. The van der Waals surface area contributed by atoms with Crippen molar-refractivity contribution in [3.63, 3.8) is 0 Å². The van der Waals surface area contributed by atoms with Gasteiger partial charge in [0, 0.05) is 17.3 Å². The highest BCUT2D eigenvalue weighted by Gasteiger charge is 2.22. The number of sulfonamides is 1. The van der Waals surface area contributed by atoms with Gasteiger partial charge in [-0.1, -0.05) is 11.6 Å². The number of aromatic carboxylic acids is 1. The molecule has 0 aliphatic carbocycles. The number of halogens is 1. The Bertz CT molecular complexity index is 939. The summed E-state index contributed by atoms with van der Waals surface area (Å²) in [6, 6.07) is 9.76. The van der Waals surface area contributed by atoms with Gasteiger partial charge < -0.3 is 14.6 Å². The third-order valence-electron chi connectivity index (χ3n) is 4.28. The van der Waals surface area contributed by atoms with Gasteiger partial charge in [-0.15, -0.1) is 0 Å². The predicted molar refractivity (Wildman–Crippen MR) is 105 cm³/mol. The first kappa shape index (κ1) is 20.4. The van der Waals surface area contributed by atoms with Gasteiger partial charge in [-0.3, -0.25) is 4.72 Å². The van der Waals surface area contributed by atoms with Crippen LogP contribution in [-0.4, -0.2) is 38.8 Å². The van der Waals surface area contributed by atoms with Crippen molar-refractivity contribution in [2.75, 3.05) is 17.9 Å². The zero-order valence-electron chi connectivity index (χ0n) is 14.9. The Balaban J connectivity index is 1.79. The molecule has 0 saturated carbocycles. The van der Waals surface area contributed by atoms with Gasteiger partial charge in [0.2, 0.25) is 0 Å². The van der Waals surface area contributed by atoms with Crippen LogP contribution in [0.15, 0.2) is 47.4 Å². The van der Waals surface area contributed by atoms with Crippen molar-refractivity contribution in [2.24, 2.45) is 0 Å². The fraction of sp³-hybridized carbons (Fsp3) is 0.316. The van der Waals surface area contributed by atoms with E-state index in [2.05, 4.69) is 4.72 Å². The van der Waals surface area contributed by atoms with E-state index in [1.165, 1.54) is 36.4 Å². The normalized spacial score (nSPS) is 17.1. The second-order valence-corrected chi connectivity index (χ2v) is 8.47. The van der Waals surface area contributed by atoms with Gasteiger partial charge in [0.1, 0.15) is 17.3 Å². The summed E-state index contributed by atoms with van der Waals surface area (Å²) in [7, 11) is -4.00. The lowest BCUT2D eigenvalue weighted by Crippen LogP contribution is -2.26. The second-order valence-electron chi connectivity index (χ2n) is 6.38.